The molecule has 7 nitrogen and oxygen atoms in total. The molecule has 1 aromatic carbocycles. The van der Waals surface area contributed by atoms with Gasteiger partial charge in [0.05, 0.1) is 19.2 Å². The number of carbonyl (C=O) groups is 2. The first-order valence-electron chi connectivity index (χ1n) is 8.19. The van der Waals surface area contributed by atoms with E-state index in [9.17, 15) is 9.59 Å². The van der Waals surface area contributed by atoms with Gasteiger partial charge < -0.3 is 19.9 Å². The van der Waals surface area contributed by atoms with Crippen molar-refractivity contribution >= 4 is 11.8 Å². The van der Waals surface area contributed by atoms with E-state index in [1.165, 1.54) is 6.92 Å². The molecule has 1 aromatic heterocycles. The summed E-state index contributed by atoms with van der Waals surface area (Å²) in [5.74, 6) is 1.18. The first kappa shape index (κ1) is 18.5. The highest BCUT2D eigenvalue weighted by atomic mass is 16.5. The number of nitrogens with one attached hydrogen (secondary N) is 2. The zero-order chi connectivity index (χ0) is 18.1. The zero-order valence-electron chi connectivity index (χ0n) is 14.5. The third kappa shape index (κ3) is 6.29. The molecule has 0 aliphatic heterocycles. The van der Waals surface area contributed by atoms with Gasteiger partial charge in [0.2, 0.25) is 11.8 Å². The lowest BCUT2D eigenvalue weighted by molar-refractivity contribution is -0.121. The molecular formula is C18H23N3O4. The van der Waals surface area contributed by atoms with Crippen LogP contribution in [0.1, 0.15) is 25.5 Å². The van der Waals surface area contributed by atoms with Crippen molar-refractivity contribution in [2.75, 3.05) is 20.2 Å². The molecule has 2 aromatic rings. The Morgan fingerprint density at radius 2 is 1.92 bits per heavy atom. The molecule has 2 N–H and O–H groups in total. The lowest BCUT2D eigenvalue weighted by atomic mass is 10.1. The Morgan fingerprint density at radius 1 is 1.16 bits per heavy atom. The van der Waals surface area contributed by atoms with Gasteiger partial charge >= 0.3 is 0 Å². The van der Waals surface area contributed by atoms with Crippen LogP contribution in [0.4, 0.5) is 0 Å². The molecule has 0 saturated carbocycles. The van der Waals surface area contributed by atoms with Crippen molar-refractivity contribution in [3.05, 3.63) is 36.0 Å². The minimum Gasteiger partial charge on any atom is -0.497 e. The van der Waals surface area contributed by atoms with E-state index in [0.717, 1.165) is 24.2 Å². The minimum atomic E-state index is -0.106. The predicted molar refractivity (Wildman–Crippen MR) is 93.1 cm³/mol. The third-order valence-electron chi connectivity index (χ3n) is 3.55. The molecule has 7 heteroatoms. The van der Waals surface area contributed by atoms with Gasteiger partial charge in [0.25, 0.3) is 0 Å². The number of aromatic nitrogens is 1. The molecule has 25 heavy (non-hydrogen) atoms. The molecule has 0 fully saturated rings. The number of amides is 2. The van der Waals surface area contributed by atoms with E-state index in [4.69, 9.17) is 9.26 Å². The van der Waals surface area contributed by atoms with Crippen molar-refractivity contribution < 1.29 is 18.8 Å². The van der Waals surface area contributed by atoms with E-state index in [1.807, 2.05) is 24.3 Å². The Kier molecular flexibility index (Phi) is 7.00. The Hall–Kier alpha value is -2.83. The van der Waals surface area contributed by atoms with Gasteiger partial charge in [0.15, 0.2) is 5.76 Å². The smallest absolute Gasteiger partial charge is 0.226 e. The van der Waals surface area contributed by atoms with E-state index in [0.29, 0.717) is 24.5 Å². The first-order valence-corrected chi connectivity index (χ1v) is 8.19. The largest absolute Gasteiger partial charge is 0.497 e. The van der Waals surface area contributed by atoms with E-state index in [2.05, 4.69) is 15.8 Å². The Balaban J connectivity index is 1.76. The first-order chi connectivity index (χ1) is 12.1. The second-order valence-electron chi connectivity index (χ2n) is 5.63. The number of hydrogen-bond donors (Lipinski definition) is 2. The topological polar surface area (TPSA) is 93.5 Å². The number of carbonyl (C=O) groups excluding carboxylic acids is 2. The molecular weight excluding hydrogens is 322 g/mol. The van der Waals surface area contributed by atoms with Gasteiger partial charge in [-0.05, 0) is 25.0 Å². The molecule has 0 bridgehead atoms. The summed E-state index contributed by atoms with van der Waals surface area (Å²) in [5, 5.41) is 9.49. The van der Waals surface area contributed by atoms with E-state index >= 15 is 0 Å². The summed E-state index contributed by atoms with van der Waals surface area (Å²) in [4.78, 5) is 22.6. The van der Waals surface area contributed by atoms with Crippen LogP contribution >= 0.6 is 0 Å². The average molecular weight is 345 g/mol. The molecule has 0 saturated heterocycles. The van der Waals surface area contributed by atoms with Crippen LogP contribution in [0.2, 0.25) is 0 Å². The van der Waals surface area contributed by atoms with Crippen LogP contribution in [0.5, 0.6) is 5.75 Å². The van der Waals surface area contributed by atoms with Gasteiger partial charge in [-0.25, -0.2) is 0 Å². The minimum absolute atomic E-state index is 0.0399. The van der Waals surface area contributed by atoms with Gasteiger partial charge in [-0.15, -0.1) is 0 Å². The van der Waals surface area contributed by atoms with Crippen LogP contribution in [-0.4, -0.2) is 37.2 Å². The maximum absolute atomic E-state index is 11.9. The number of unbranched alkanes of at least 4 members (excludes halogenated alkanes) is 1. The van der Waals surface area contributed by atoms with Gasteiger partial charge in [-0.3, -0.25) is 9.59 Å². The van der Waals surface area contributed by atoms with Crippen molar-refractivity contribution in [2.45, 2.75) is 26.2 Å². The zero-order valence-corrected chi connectivity index (χ0v) is 14.5. The van der Waals surface area contributed by atoms with Crippen molar-refractivity contribution in [3.8, 4) is 17.1 Å². The molecule has 0 atom stereocenters. The molecule has 2 rings (SSSR count). The fourth-order valence-electron chi connectivity index (χ4n) is 2.28. The number of ether oxygens (including phenoxy) is 1. The summed E-state index contributed by atoms with van der Waals surface area (Å²) in [6.45, 7) is 2.68. The van der Waals surface area contributed by atoms with E-state index in [-0.39, 0.29) is 18.2 Å². The van der Waals surface area contributed by atoms with Crippen LogP contribution in [0.25, 0.3) is 11.3 Å². The Labute approximate surface area is 146 Å². The molecule has 0 spiro atoms. The molecule has 134 valence electrons. The monoisotopic (exact) mass is 345 g/mol. The van der Waals surface area contributed by atoms with Crippen LogP contribution in [0, 0.1) is 0 Å². The summed E-state index contributed by atoms with van der Waals surface area (Å²) in [6.07, 6.45) is 1.79. The Morgan fingerprint density at radius 3 is 2.64 bits per heavy atom. The highest BCUT2D eigenvalue weighted by molar-refractivity contribution is 5.78. The van der Waals surface area contributed by atoms with Crippen LogP contribution in [0.3, 0.4) is 0 Å². The number of nitrogens with zero attached hydrogens (tertiary/aromatic N) is 1. The van der Waals surface area contributed by atoms with Crippen LogP contribution < -0.4 is 15.4 Å². The maximum Gasteiger partial charge on any atom is 0.226 e. The summed E-state index contributed by atoms with van der Waals surface area (Å²) < 4.78 is 10.5. The molecule has 2 amide bonds. The van der Waals surface area contributed by atoms with Gasteiger partial charge in [-0.1, -0.05) is 17.3 Å². The molecule has 0 unspecified atom stereocenters. The number of methoxy groups -OCH3 is 1. The fourth-order valence-corrected chi connectivity index (χ4v) is 2.28. The summed E-state index contributed by atoms with van der Waals surface area (Å²) in [6, 6.07) is 9.21. The molecule has 1 heterocycles. The van der Waals surface area contributed by atoms with E-state index in [1.54, 1.807) is 13.2 Å². The second-order valence-corrected chi connectivity index (χ2v) is 5.63. The number of benzene rings is 1. The molecule has 0 radical (unpaired) electrons. The van der Waals surface area contributed by atoms with E-state index < -0.39 is 0 Å². The molecule has 0 aliphatic rings. The van der Waals surface area contributed by atoms with Crippen LogP contribution in [0.15, 0.2) is 34.9 Å². The lowest BCUT2D eigenvalue weighted by Gasteiger charge is -2.04. The average Bonchev–Trinajstić information content (AvgIpc) is 3.06. The van der Waals surface area contributed by atoms with Crippen molar-refractivity contribution in [1.82, 2.24) is 15.8 Å². The van der Waals surface area contributed by atoms with Gasteiger partial charge in [0, 0.05) is 31.6 Å². The number of rotatable bonds is 9. The second kappa shape index (κ2) is 9.46. The van der Waals surface area contributed by atoms with Crippen molar-refractivity contribution in [2.24, 2.45) is 0 Å². The summed E-state index contributed by atoms with van der Waals surface area (Å²) in [5.41, 5.74) is 1.42. The van der Waals surface area contributed by atoms with Gasteiger partial charge in [-0.2, -0.15) is 0 Å². The van der Waals surface area contributed by atoms with Crippen LogP contribution in [-0.2, 0) is 16.0 Å². The fraction of sp³-hybridized carbons (Fsp3) is 0.389. The summed E-state index contributed by atoms with van der Waals surface area (Å²) in [7, 11) is 1.60. The Bertz CT molecular complexity index is 712. The molecule has 0 aliphatic carbocycles. The summed E-state index contributed by atoms with van der Waals surface area (Å²) >= 11 is 0. The van der Waals surface area contributed by atoms with Crippen molar-refractivity contribution in [1.29, 1.82) is 0 Å². The standard InChI is InChI=1S/C18H23N3O4/c1-13(22)19-8-3-4-9-20-18(23)12-15-11-17(25-21-15)14-6-5-7-16(10-14)24-2/h5-7,10-11H,3-4,8-9,12H2,1-2H3,(H,19,22)(H,20,23). The quantitative estimate of drug-likeness (QED) is 0.677. The van der Waals surface area contributed by atoms with Gasteiger partial charge in [0.1, 0.15) is 5.75 Å². The normalized spacial score (nSPS) is 10.3. The predicted octanol–water partition coefficient (Wildman–Crippen LogP) is 1.93. The lowest BCUT2D eigenvalue weighted by Crippen LogP contribution is -2.27. The van der Waals surface area contributed by atoms with Crippen molar-refractivity contribution in [3.63, 3.8) is 0 Å². The maximum atomic E-state index is 11.9. The third-order valence-corrected chi connectivity index (χ3v) is 3.55. The number of hydrogen-bond acceptors (Lipinski definition) is 5. The SMILES string of the molecule is COc1cccc(-c2cc(CC(=O)NCCCCNC(C)=O)no2)c1. The highest BCUT2D eigenvalue weighted by Crippen LogP contribution is 2.24. The highest BCUT2D eigenvalue weighted by Gasteiger charge is 2.11.